The lowest BCUT2D eigenvalue weighted by Gasteiger charge is -2.33. The largest absolute Gasteiger partial charge is 0.439 e. The number of nitrogens with zero attached hydrogens (tertiary/aromatic N) is 3. The number of cyclic esters (lactones) is 1. The zero-order valence-electron chi connectivity index (χ0n) is 24.6. The van der Waals surface area contributed by atoms with Gasteiger partial charge in [-0.2, -0.15) is 44.6 Å². The molecule has 5 rings (SSSR count). The maximum atomic E-state index is 13.7. The Labute approximate surface area is 257 Å². The van der Waals surface area contributed by atoms with Crippen LogP contribution >= 0.6 is 0 Å². The Morgan fingerprint density at radius 1 is 0.935 bits per heavy atom. The van der Waals surface area contributed by atoms with E-state index in [1.165, 1.54) is 19.2 Å². The molecule has 2 N–H and O–H groups in total. The van der Waals surface area contributed by atoms with Crippen LogP contribution in [0.25, 0.3) is 11.1 Å². The van der Waals surface area contributed by atoms with Crippen LogP contribution in [-0.2, 0) is 29.8 Å². The maximum Gasteiger partial charge on any atom is 0.433 e. The van der Waals surface area contributed by atoms with Crippen LogP contribution in [0.4, 0.5) is 50.1 Å². The third-order valence-electron chi connectivity index (χ3n) is 8.63. The molecular formula is C30H30F9N5O2. The highest BCUT2D eigenvalue weighted by atomic mass is 19.4. The highest BCUT2D eigenvalue weighted by Gasteiger charge is 2.44. The fourth-order valence-electron chi connectivity index (χ4n) is 6.18. The molecule has 1 saturated heterocycles. The summed E-state index contributed by atoms with van der Waals surface area (Å²) in [5.41, 5.74) is -4.72. The number of aromatic amines is 1. The Bertz CT molecular complexity index is 1540. The molecule has 1 amide bonds. The van der Waals surface area contributed by atoms with Crippen LogP contribution in [-0.4, -0.2) is 38.3 Å². The number of aromatic nitrogens is 3. The molecule has 2 aliphatic rings. The summed E-state index contributed by atoms with van der Waals surface area (Å²) in [4.78, 5) is 18.6. The van der Waals surface area contributed by atoms with E-state index in [-0.39, 0.29) is 47.1 Å². The minimum atomic E-state index is -5.11. The average molecular weight is 664 g/mol. The van der Waals surface area contributed by atoms with E-state index in [0.717, 1.165) is 43.2 Å². The second kappa shape index (κ2) is 12.3. The molecule has 46 heavy (non-hydrogen) atoms. The van der Waals surface area contributed by atoms with Crippen molar-refractivity contribution >= 4 is 11.9 Å². The number of carbonyl (C=O) groups excluding carboxylic acids is 1. The zero-order valence-corrected chi connectivity index (χ0v) is 24.6. The summed E-state index contributed by atoms with van der Waals surface area (Å²) < 4.78 is 127. The van der Waals surface area contributed by atoms with Crippen molar-refractivity contribution in [3.63, 3.8) is 0 Å². The molecule has 0 radical (unpaired) electrons. The quantitative estimate of drug-likeness (QED) is 0.247. The van der Waals surface area contributed by atoms with Gasteiger partial charge in [-0.1, -0.05) is 26.2 Å². The van der Waals surface area contributed by atoms with Crippen LogP contribution in [0.3, 0.4) is 0 Å². The first-order valence-electron chi connectivity index (χ1n) is 14.6. The molecule has 3 heterocycles. The lowest BCUT2D eigenvalue weighted by molar-refractivity contribution is -0.143. The molecule has 1 saturated carbocycles. The summed E-state index contributed by atoms with van der Waals surface area (Å²) in [6, 6.07) is 1.32. The Hall–Kier alpha value is -3.98. The van der Waals surface area contributed by atoms with Gasteiger partial charge in [-0.3, -0.25) is 10.00 Å². The summed E-state index contributed by atoms with van der Waals surface area (Å²) in [5, 5.41) is 8.83. The number of hydrogen-bond acceptors (Lipinski definition) is 5. The van der Waals surface area contributed by atoms with E-state index >= 15 is 0 Å². The van der Waals surface area contributed by atoms with Gasteiger partial charge in [-0.15, -0.1) is 0 Å². The number of rotatable bonds is 7. The lowest BCUT2D eigenvalue weighted by atomic mass is 9.83. The summed E-state index contributed by atoms with van der Waals surface area (Å²) in [5.74, 6) is 0.575. The van der Waals surface area contributed by atoms with Crippen molar-refractivity contribution < 1.29 is 49.0 Å². The van der Waals surface area contributed by atoms with Crippen molar-refractivity contribution in [3.05, 3.63) is 64.6 Å². The Balaban J connectivity index is 1.52. The summed E-state index contributed by atoms with van der Waals surface area (Å²) in [6.45, 7) is 3.13. The number of benzene rings is 1. The number of halogens is 9. The molecule has 3 aromatic rings. The second-order valence-corrected chi connectivity index (χ2v) is 11.6. The Kier molecular flexibility index (Phi) is 8.94. The number of amides is 1. The first kappa shape index (κ1) is 33.4. The fraction of sp³-hybridized carbons (Fsp3) is 0.500. The van der Waals surface area contributed by atoms with Crippen LogP contribution in [0.2, 0.25) is 0 Å². The minimum absolute atomic E-state index is 0.0161. The van der Waals surface area contributed by atoms with Gasteiger partial charge in [0.05, 0.1) is 29.9 Å². The van der Waals surface area contributed by atoms with Gasteiger partial charge in [0.2, 0.25) is 0 Å². The van der Waals surface area contributed by atoms with Crippen LogP contribution in [0.15, 0.2) is 36.7 Å². The predicted molar refractivity (Wildman–Crippen MR) is 147 cm³/mol. The van der Waals surface area contributed by atoms with Crippen molar-refractivity contribution in [2.24, 2.45) is 5.92 Å². The van der Waals surface area contributed by atoms with Gasteiger partial charge in [0.15, 0.2) is 0 Å². The summed E-state index contributed by atoms with van der Waals surface area (Å²) in [6.07, 6.45) is -10.7. The van der Waals surface area contributed by atoms with Gasteiger partial charge in [-0.05, 0) is 55.5 Å². The van der Waals surface area contributed by atoms with Crippen molar-refractivity contribution in [2.45, 2.75) is 89.2 Å². The third kappa shape index (κ3) is 6.89. The molecule has 4 atom stereocenters. The molecule has 2 fully saturated rings. The molecule has 0 spiro atoms. The van der Waals surface area contributed by atoms with Crippen LogP contribution in [0.5, 0.6) is 0 Å². The van der Waals surface area contributed by atoms with E-state index in [9.17, 15) is 44.3 Å². The predicted octanol–water partition coefficient (Wildman–Crippen LogP) is 8.99. The fourth-order valence-corrected chi connectivity index (χ4v) is 6.18. The van der Waals surface area contributed by atoms with E-state index in [1.54, 1.807) is 0 Å². The van der Waals surface area contributed by atoms with Crippen molar-refractivity contribution in [3.8, 4) is 11.1 Å². The number of H-pyrrole nitrogens is 1. The van der Waals surface area contributed by atoms with Gasteiger partial charge in [-0.25, -0.2) is 9.78 Å². The third-order valence-corrected chi connectivity index (χ3v) is 8.63. The molecule has 250 valence electrons. The first-order chi connectivity index (χ1) is 21.5. The van der Waals surface area contributed by atoms with Crippen molar-refractivity contribution in [1.29, 1.82) is 0 Å². The average Bonchev–Trinajstić information content (AvgIpc) is 3.59. The SMILES string of the molecule is CCC1CCCCC1Nc1ncc(-c2cn[nH]c2C(F)(F)F)cc1CN1C(=O)O[C@H](c2cc(C(F)(F)F)cc(C(F)(F)F)c2)[C@@H]1C. The number of hydrogen-bond donors (Lipinski definition) is 2. The van der Waals surface area contributed by atoms with E-state index < -0.39 is 59.2 Å². The molecular weight excluding hydrogens is 633 g/mol. The van der Waals surface area contributed by atoms with Gasteiger partial charge in [0.25, 0.3) is 0 Å². The monoisotopic (exact) mass is 663 g/mol. The topological polar surface area (TPSA) is 83.1 Å². The van der Waals surface area contributed by atoms with Crippen LogP contribution < -0.4 is 5.32 Å². The van der Waals surface area contributed by atoms with Gasteiger partial charge in [0.1, 0.15) is 17.6 Å². The number of alkyl halides is 9. The highest BCUT2D eigenvalue weighted by molar-refractivity contribution is 5.72. The van der Waals surface area contributed by atoms with Gasteiger partial charge < -0.3 is 10.1 Å². The maximum absolute atomic E-state index is 13.7. The number of carbonyl (C=O) groups is 1. The highest BCUT2D eigenvalue weighted by Crippen LogP contribution is 2.42. The molecule has 7 nitrogen and oxygen atoms in total. The van der Waals surface area contributed by atoms with Gasteiger partial charge >= 0.3 is 24.6 Å². The second-order valence-electron chi connectivity index (χ2n) is 11.6. The Morgan fingerprint density at radius 3 is 2.20 bits per heavy atom. The molecule has 1 aromatic carbocycles. The smallest absolute Gasteiger partial charge is 0.433 e. The normalized spacial score (nSPS) is 22.7. The molecule has 1 aliphatic carbocycles. The standard InChI is InChI=1S/C30H30F9N5O2/c1-3-16-6-4-5-7-23(16)42-26-19(8-18(12-40-26)22-13-41-43-25(22)30(37,38)39)14-44-15(2)24(46-27(44)45)17-9-20(28(31,32)33)11-21(10-17)29(34,35)36/h8-13,15-16,23-24H,3-7,14H2,1-2H3,(H,40,42)(H,41,43)/t15-,16?,23?,24-/m0/s1. The van der Waals surface area contributed by atoms with Crippen LogP contribution in [0, 0.1) is 5.92 Å². The van der Waals surface area contributed by atoms with Crippen LogP contribution in [0.1, 0.15) is 80.0 Å². The number of pyridine rings is 1. The number of ether oxygens (including phenoxy) is 1. The number of nitrogens with one attached hydrogen (secondary N) is 2. The van der Waals surface area contributed by atoms with E-state index in [2.05, 4.69) is 15.4 Å². The van der Waals surface area contributed by atoms with Gasteiger partial charge in [0, 0.05) is 28.9 Å². The minimum Gasteiger partial charge on any atom is -0.439 e. The number of anilines is 1. The first-order valence-corrected chi connectivity index (χ1v) is 14.6. The molecule has 16 heteroatoms. The van der Waals surface area contributed by atoms with E-state index in [1.807, 2.05) is 12.0 Å². The Morgan fingerprint density at radius 2 is 1.59 bits per heavy atom. The molecule has 0 bridgehead atoms. The summed E-state index contributed by atoms with van der Waals surface area (Å²) >= 11 is 0. The van der Waals surface area contributed by atoms with Crippen molar-refractivity contribution in [1.82, 2.24) is 20.1 Å². The zero-order chi connectivity index (χ0) is 33.6. The van der Waals surface area contributed by atoms with E-state index in [0.29, 0.717) is 12.1 Å². The lowest BCUT2D eigenvalue weighted by Crippen LogP contribution is -2.34. The molecule has 2 aromatic heterocycles. The van der Waals surface area contributed by atoms with E-state index in [4.69, 9.17) is 4.74 Å². The molecule has 2 unspecified atom stereocenters. The van der Waals surface area contributed by atoms with Crippen molar-refractivity contribution in [2.75, 3.05) is 5.32 Å². The summed E-state index contributed by atoms with van der Waals surface area (Å²) in [7, 11) is 0. The molecule has 1 aliphatic heterocycles.